The average molecular weight is 325 g/mol. The number of hydrogen-bond acceptors (Lipinski definition) is 4. The molecule has 2 rings (SSSR count). The fourth-order valence-electron chi connectivity index (χ4n) is 3.71. The number of amides is 1. The van der Waals surface area contributed by atoms with Crippen LogP contribution in [0, 0.1) is 0 Å². The van der Waals surface area contributed by atoms with E-state index < -0.39 is 0 Å². The molecule has 0 radical (unpaired) electrons. The Morgan fingerprint density at radius 2 is 1.78 bits per heavy atom. The van der Waals surface area contributed by atoms with Crippen molar-refractivity contribution in [1.82, 2.24) is 15.1 Å². The second-order valence-corrected chi connectivity index (χ2v) is 7.75. The first kappa shape index (κ1) is 18.7. The number of rotatable bonds is 6. The van der Waals surface area contributed by atoms with Crippen molar-refractivity contribution in [3.05, 3.63) is 0 Å². The summed E-state index contributed by atoms with van der Waals surface area (Å²) in [6.07, 6.45) is 7.79. The summed E-state index contributed by atoms with van der Waals surface area (Å²) < 4.78 is 5.41. The SMILES string of the molecule is CN(CC(=O)NCC(C)(C)N1CCOCC1)C1CCCCCC1. The van der Waals surface area contributed by atoms with E-state index in [1.54, 1.807) is 0 Å². The Kier molecular flexibility index (Phi) is 7.31. The molecular formula is C18H35N3O2. The molecule has 5 nitrogen and oxygen atoms in total. The quantitative estimate of drug-likeness (QED) is 0.757. The predicted octanol–water partition coefficient (Wildman–Crippen LogP) is 1.87. The van der Waals surface area contributed by atoms with Crippen molar-refractivity contribution in [2.75, 3.05) is 46.4 Å². The van der Waals surface area contributed by atoms with Gasteiger partial charge in [-0.05, 0) is 33.7 Å². The smallest absolute Gasteiger partial charge is 0.234 e. The number of morpholine rings is 1. The van der Waals surface area contributed by atoms with Crippen molar-refractivity contribution in [3.63, 3.8) is 0 Å². The molecule has 5 heteroatoms. The Labute approximate surface area is 141 Å². The van der Waals surface area contributed by atoms with Gasteiger partial charge in [-0.1, -0.05) is 25.7 Å². The van der Waals surface area contributed by atoms with Crippen LogP contribution in [0.15, 0.2) is 0 Å². The minimum Gasteiger partial charge on any atom is -0.379 e. The van der Waals surface area contributed by atoms with E-state index in [-0.39, 0.29) is 11.4 Å². The molecule has 0 unspecified atom stereocenters. The van der Waals surface area contributed by atoms with Crippen LogP contribution in [0.2, 0.25) is 0 Å². The maximum Gasteiger partial charge on any atom is 0.234 e. The molecule has 134 valence electrons. The van der Waals surface area contributed by atoms with E-state index >= 15 is 0 Å². The minimum atomic E-state index is -0.0136. The number of likely N-dealkylation sites (N-methyl/N-ethyl adjacent to an activating group) is 1. The van der Waals surface area contributed by atoms with Gasteiger partial charge in [0.05, 0.1) is 19.8 Å². The molecule has 0 aromatic carbocycles. The third kappa shape index (κ3) is 6.05. The zero-order valence-corrected chi connectivity index (χ0v) is 15.3. The molecule has 1 heterocycles. The summed E-state index contributed by atoms with van der Waals surface area (Å²) in [6, 6.07) is 0.579. The summed E-state index contributed by atoms with van der Waals surface area (Å²) in [5.41, 5.74) is -0.0136. The molecule has 0 atom stereocenters. The Balaban J connectivity index is 1.72. The zero-order chi connectivity index (χ0) is 16.7. The summed E-state index contributed by atoms with van der Waals surface area (Å²) in [5, 5.41) is 3.14. The molecule has 0 spiro atoms. The van der Waals surface area contributed by atoms with Gasteiger partial charge in [-0.2, -0.15) is 0 Å². The Morgan fingerprint density at radius 1 is 1.17 bits per heavy atom. The van der Waals surface area contributed by atoms with Crippen LogP contribution in [0.3, 0.4) is 0 Å². The largest absolute Gasteiger partial charge is 0.379 e. The minimum absolute atomic E-state index is 0.0136. The van der Waals surface area contributed by atoms with Gasteiger partial charge in [-0.25, -0.2) is 0 Å². The van der Waals surface area contributed by atoms with E-state index in [1.165, 1.54) is 38.5 Å². The number of hydrogen-bond donors (Lipinski definition) is 1. The lowest BCUT2D eigenvalue weighted by atomic mass is 10.0. The van der Waals surface area contributed by atoms with E-state index in [4.69, 9.17) is 4.74 Å². The molecule has 2 fully saturated rings. The highest BCUT2D eigenvalue weighted by atomic mass is 16.5. The summed E-state index contributed by atoms with van der Waals surface area (Å²) in [6.45, 7) is 9.11. The normalized spacial score (nSPS) is 22.1. The molecule has 0 aromatic heterocycles. The predicted molar refractivity (Wildman–Crippen MR) is 93.6 cm³/mol. The Hall–Kier alpha value is -0.650. The van der Waals surface area contributed by atoms with Crippen molar-refractivity contribution in [3.8, 4) is 0 Å². The van der Waals surface area contributed by atoms with Crippen LogP contribution < -0.4 is 5.32 Å². The van der Waals surface area contributed by atoms with Gasteiger partial charge in [0.1, 0.15) is 0 Å². The van der Waals surface area contributed by atoms with Gasteiger partial charge >= 0.3 is 0 Å². The summed E-state index contributed by atoms with van der Waals surface area (Å²) >= 11 is 0. The fourth-order valence-corrected chi connectivity index (χ4v) is 3.71. The van der Waals surface area contributed by atoms with E-state index in [0.29, 0.717) is 19.1 Å². The van der Waals surface area contributed by atoms with Gasteiger partial charge in [0, 0.05) is 31.2 Å². The monoisotopic (exact) mass is 325 g/mol. The molecule has 0 bridgehead atoms. The maximum absolute atomic E-state index is 12.3. The summed E-state index contributed by atoms with van der Waals surface area (Å²) in [5.74, 6) is 0.151. The number of carbonyl (C=O) groups excluding carboxylic acids is 1. The van der Waals surface area contributed by atoms with Crippen LogP contribution in [-0.4, -0.2) is 73.7 Å². The first-order chi connectivity index (χ1) is 11.0. The van der Waals surface area contributed by atoms with Gasteiger partial charge < -0.3 is 10.1 Å². The molecule has 23 heavy (non-hydrogen) atoms. The topological polar surface area (TPSA) is 44.8 Å². The van der Waals surface area contributed by atoms with Gasteiger partial charge in [-0.3, -0.25) is 14.6 Å². The van der Waals surface area contributed by atoms with Crippen LogP contribution in [0.1, 0.15) is 52.4 Å². The molecule has 1 amide bonds. The van der Waals surface area contributed by atoms with Crippen molar-refractivity contribution in [2.45, 2.75) is 64.0 Å². The van der Waals surface area contributed by atoms with Gasteiger partial charge in [-0.15, -0.1) is 0 Å². The highest BCUT2D eigenvalue weighted by Gasteiger charge is 2.29. The van der Waals surface area contributed by atoms with Crippen LogP contribution >= 0.6 is 0 Å². The second-order valence-electron chi connectivity index (χ2n) is 7.75. The molecule has 0 aromatic rings. The molecule has 1 aliphatic carbocycles. The number of nitrogens with one attached hydrogen (secondary N) is 1. The van der Waals surface area contributed by atoms with Crippen molar-refractivity contribution in [1.29, 1.82) is 0 Å². The van der Waals surface area contributed by atoms with Gasteiger partial charge in [0.2, 0.25) is 5.91 Å². The number of carbonyl (C=O) groups is 1. The van der Waals surface area contributed by atoms with Crippen LogP contribution in [0.5, 0.6) is 0 Å². The molecule has 1 N–H and O–H groups in total. The Bertz CT molecular complexity index is 359. The van der Waals surface area contributed by atoms with Crippen molar-refractivity contribution < 1.29 is 9.53 Å². The van der Waals surface area contributed by atoms with Crippen LogP contribution in [0.25, 0.3) is 0 Å². The first-order valence-electron chi connectivity index (χ1n) is 9.29. The lowest BCUT2D eigenvalue weighted by Gasteiger charge is -2.41. The maximum atomic E-state index is 12.3. The highest BCUT2D eigenvalue weighted by molar-refractivity contribution is 5.78. The van der Waals surface area contributed by atoms with E-state index in [2.05, 4.69) is 36.0 Å². The van der Waals surface area contributed by atoms with Crippen LogP contribution in [0.4, 0.5) is 0 Å². The number of ether oxygens (including phenoxy) is 1. The van der Waals surface area contributed by atoms with Crippen molar-refractivity contribution >= 4 is 5.91 Å². The third-order valence-corrected chi connectivity index (χ3v) is 5.43. The molecule has 1 aliphatic heterocycles. The van der Waals surface area contributed by atoms with Crippen molar-refractivity contribution in [2.24, 2.45) is 0 Å². The van der Waals surface area contributed by atoms with Gasteiger partial charge in [0.25, 0.3) is 0 Å². The summed E-state index contributed by atoms with van der Waals surface area (Å²) in [4.78, 5) is 17.0. The van der Waals surface area contributed by atoms with Gasteiger partial charge in [0.15, 0.2) is 0 Å². The molecule has 2 aliphatic rings. The van der Waals surface area contributed by atoms with E-state index in [9.17, 15) is 4.79 Å². The van der Waals surface area contributed by atoms with E-state index in [0.717, 1.165) is 26.3 Å². The molecular weight excluding hydrogens is 290 g/mol. The average Bonchev–Trinajstić information content (AvgIpc) is 2.83. The molecule has 1 saturated heterocycles. The number of nitrogens with zero attached hydrogens (tertiary/aromatic N) is 2. The Morgan fingerprint density at radius 3 is 2.39 bits per heavy atom. The lowest BCUT2D eigenvalue weighted by molar-refractivity contribution is -0.123. The summed E-state index contributed by atoms with van der Waals surface area (Å²) in [7, 11) is 2.10. The second kappa shape index (κ2) is 9.00. The standard InChI is InChI=1S/C18H35N3O2/c1-18(2,21-10-12-23-13-11-21)15-19-17(22)14-20(3)16-8-6-4-5-7-9-16/h16H,4-15H2,1-3H3,(H,19,22). The third-order valence-electron chi connectivity index (χ3n) is 5.43. The van der Waals surface area contributed by atoms with E-state index in [1.807, 2.05) is 0 Å². The zero-order valence-electron chi connectivity index (χ0n) is 15.3. The lowest BCUT2D eigenvalue weighted by Crippen LogP contribution is -2.56. The first-order valence-corrected chi connectivity index (χ1v) is 9.29. The highest BCUT2D eigenvalue weighted by Crippen LogP contribution is 2.21. The molecule has 1 saturated carbocycles. The van der Waals surface area contributed by atoms with Crippen LogP contribution in [-0.2, 0) is 9.53 Å². The fraction of sp³-hybridized carbons (Fsp3) is 0.944.